The van der Waals surface area contributed by atoms with Crippen LogP contribution in [0.3, 0.4) is 0 Å². The Kier molecular flexibility index (Phi) is 6.34. The average Bonchev–Trinajstić information content (AvgIpc) is 2.79. The van der Waals surface area contributed by atoms with Crippen molar-refractivity contribution >= 4 is 21.8 Å². The molecule has 0 fully saturated rings. The normalized spacial score (nSPS) is 10.8. The van der Waals surface area contributed by atoms with E-state index in [4.69, 9.17) is 4.42 Å². The van der Waals surface area contributed by atoms with Crippen LogP contribution < -0.4 is 0 Å². The Hall–Kier alpha value is -0.770. The number of nitrogens with zero attached hydrogens (tertiary/aromatic N) is 1. The number of amides is 1. The molecule has 1 heterocycles. The molecule has 0 spiro atoms. The van der Waals surface area contributed by atoms with Crippen molar-refractivity contribution in [2.24, 2.45) is 0 Å². The number of aryl methyl sites for hydroxylation is 1. The molecule has 0 saturated heterocycles. The summed E-state index contributed by atoms with van der Waals surface area (Å²) in [4.78, 5) is 14.0. The van der Waals surface area contributed by atoms with Crippen molar-refractivity contribution in [2.45, 2.75) is 39.2 Å². The van der Waals surface area contributed by atoms with Crippen LogP contribution in [0.5, 0.6) is 0 Å². The monoisotopic (exact) mass is 301 g/mol. The third-order valence-electron chi connectivity index (χ3n) is 2.64. The van der Waals surface area contributed by atoms with Gasteiger partial charge >= 0.3 is 0 Å². The van der Waals surface area contributed by atoms with Gasteiger partial charge in [0.1, 0.15) is 5.76 Å². The van der Waals surface area contributed by atoms with Gasteiger partial charge in [-0.15, -0.1) is 0 Å². The topological polar surface area (TPSA) is 33.5 Å². The van der Waals surface area contributed by atoms with E-state index in [1.807, 2.05) is 17.0 Å². The third kappa shape index (κ3) is 4.94. The first-order chi connectivity index (χ1) is 8.15. The molecule has 1 aromatic rings. The zero-order valence-electron chi connectivity index (χ0n) is 10.5. The lowest BCUT2D eigenvalue weighted by atomic mass is 10.2. The summed E-state index contributed by atoms with van der Waals surface area (Å²) in [7, 11) is 0. The molecule has 0 N–H and O–H groups in total. The summed E-state index contributed by atoms with van der Waals surface area (Å²) in [5, 5.41) is 0.932. The number of hydrogen-bond donors (Lipinski definition) is 0. The van der Waals surface area contributed by atoms with Crippen molar-refractivity contribution in [3.8, 4) is 0 Å². The molecule has 0 radical (unpaired) electrons. The highest BCUT2D eigenvalue weighted by Gasteiger charge is 2.16. The van der Waals surface area contributed by atoms with Gasteiger partial charge in [0.25, 0.3) is 0 Å². The summed E-state index contributed by atoms with van der Waals surface area (Å²) in [6, 6.07) is 4.02. The molecule has 4 heteroatoms. The van der Waals surface area contributed by atoms with E-state index in [0.717, 1.165) is 24.1 Å². The van der Waals surface area contributed by atoms with Crippen LogP contribution in [0.1, 0.15) is 32.4 Å². The molecule has 3 nitrogen and oxygen atoms in total. The predicted octanol–water partition coefficient (Wildman–Crippen LogP) is 3.23. The molecule has 1 aromatic heterocycles. The highest BCUT2D eigenvalue weighted by atomic mass is 79.9. The number of rotatable bonds is 7. The fraction of sp³-hybridized carbons (Fsp3) is 0.615. The van der Waals surface area contributed by atoms with Crippen molar-refractivity contribution in [3.05, 3.63) is 24.2 Å². The van der Waals surface area contributed by atoms with Gasteiger partial charge in [-0.25, -0.2) is 0 Å². The summed E-state index contributed by atoms with van der Waals surface area (Å²) in [6.07, 6.45) is 3.84. The van der Waals surface area contributed by atoms with Crippen LogP contribution in [-0.4, -0.2) is 28.7 Å². The molecule has 1 amide bonds. The standard InChI is InChI=1S/C13H20BrNO2/c1-11(2)15(9-4-8-14)13(16)7-6-12-5-3-10-17-12/h3,5,10-11H,4,6-9H2,1-2H3. The van der Waals surface area contributed by atoms with Crippen LogP contribution in [0.15, 0.2) is 22.8 Å². The zero-order chi connectivity index (χ0) is 12.7. The van der Waals surface area contributed by atoms with Crippen LogP contribution in [0.25, 0.3) is 0 Å². The molecule has 17 heavy (non-hydrogen) atoms. The molecule has 1 rings (SSSR count). The van der Waals surface area contributed by atoms with Crippen LogP contribution in [-0.2, 0) is 11.2 Å². The fourth-order valence-corrected chi connectivity index (χ4v) is 1.98. The molecule has 0 unspecified atom stereocenters. The lowest BCUT2D eigenvalue weighted by Gasteiger charge is -2.26. The van der Waals surface area contributed by atoms with E-state index in [2.05, 4.69) is 29.8 Å². The minimum Gasteiger partial charge on any atom is -0.469 e. The minimum atomic E-state index is 0.206. The van der Waals surface area contributed by atoms with E-state index in [9.17, 15) is 4.79 Å². The van der Waals surface area contributed by atoms with Gasteiger partial charge in [0, 0.05) is 30.8 Å². The molecule has 0 bridgehead atoms. The second-order valence-electron chi connectivity index (χ2n) is 4.30. The van der Waals surface area contributed by atoms with Crippen LogP contribution >= 0.6 is 15.9 Å². The Morgan fingerprint density at radius 3 is 2.82 bits per heavy atom. The maximum absolute atomic E-state index is 12.1. The van der Waals surface area contributed by atoms with Gasteiger partial charge in [-0.1, -0.05) is 15.9 Å². The lowest BCUT2D eigenvalue weighted by Crippen LogP contribution is -2.38. The van der Waals surface area contributed by atoms with E-state index >= 15 is 0 Å². The summed E-state index contributed by atoms with van der Waals surface area (Å²) < 4.78 is 5.23. The molecule has 0 saturated carbocycles. The second-order valence-corrected chi connectivity index (χ2v) is 5.10. The van der Waals surface area contributed by atoms with Gasteiger partial charge in [-0.05, 0) is 32.4 Å². The number of carbonyl (C=O) groups excluding carboxylic acids is 1. The predicted molar refractivity (Wildman–Crippen MR) is 72.3 cm³/mol. The molecule has 0 aliphatic heterocycles. The van der Waals surface area contributed by atoms with Gasteiger partial charge in [0.05, 0.1) is 6.26 Å². The maximum Gasteiger partial charge on any atom is 0.223 e. The van der Waals surface area contributed by atoms with Crippen molar-refractivity contribution in [1.82, 2.24) is 4.90 Å². The highest BCUT2D eigenvalue weighted by molar-refractivity contribution is 9.09. The Morgan fingerprint density at radius 2 is 2.29 bits per heavy atom. The quantitative estimate of drug-likeness (QED) is 0.725. The number of alkyl halides is 1. The molecule has 0 aromatic carbocycles. The van der Waals surface area contributed by atoms with E-state index < -0.39 is 0 Å². The number of carbonyl (C=O) groups is 1. The van der Waals surface area contributed by atoms with Gasteiger partial charge in [0.15, 0.2) is 0 Å². The third-order valence-corrected chi connectivity index (χ3v) is 3.20. The van der Waals surface area contributed by atoms with Gasteiger partial charge in [0.2, 0.25) is 5.91 Å². The molecule has 0 aliphatic rings. The molecular formula is C13H20BrNO2. The van der Waals surface area contributed by atoms with Crippen molar-refractivity contribution in [3.63, 3.8) is 0 Å². The molecule has 0 atom stereocenters. The van der Waals surface area contributed by atoms with E-state index in [0.29, 0.717) is 12.8 Å². The van der Waals surface area contributed by atoms with Gasteiger partial charge in [-0.2, -0.15) is 0 Å². The SMILES string of the molecule is CC(C)N(CCCBr)C(=O)CCc1ccco1. The van der Waals surface area contributed by atoms with E-state index in [1.54, 1.807) is 6.26 Å². The van der Waals surface area contributed by atoms with Gasteiger partial charge < -0.3 is 9.32 Å². The second kappa shape index (κ2) is 7.54. The van der Waals surface area contributed by atoms with Crippen molar-refractivity contribution in [1.29, 1.82) is 0 Å². The van der Waals surface area contributed by atoms with E-state index in [1.165, 1.54) is 0 Å². The summed E-state index contributed by atoms with van der Waals surface area (Å²) in [6.45, 7) is 4.93. The Balaban J connectivity index is 2.42. The molecular weight excluding hydrogens is 282 g/mol. The Labute approximate surface area is 111 Å². The summed E-state index contributed by atoms with van der Waals surface area (Å²) in [5.41, 5.74) is 0. The Bertz CT molecular complexity index is 322. The fourth-order valence-electron chi connectivity index (χ4n) is 1.73. The zero-order valence-corrected chi connectivity index (χ0v) is 12.1. The first-order valence-electron chi connectivity index (χ1n) is 6.03. The minimum absolute atomic E-state index is 0.206. The molecule has 0 aliphatic carbocycles. The average molecular weight is 302 g/mol. The highest BCUT2D eigenvalue weighted by Crippen LogP contribution is 2.09. The van der Waals surface area contributed by atoms with Crippen LogP contribution in [0, 0.1) is 0 Å². The lowest BCUT2D eigenvalue weighted by molar-refractivity contribution is -0.132. The van der Waals surface area contributed by atoms with Gasteiger partial charge in [-0.3, -0.25) is 4.79 Å². The maximum atomic E-state index is 12.1. The number of furan rings is 1. The summed E-state index contributed by atoms with van der Waals surface area (Å²) in [5.74, 6) is 1.08. The smallest absolute Gasteiger partial charge is 0.223 e. The molecule has 96 valence electrons. The van der Waals surface area contributed by atoms with Crippen molar-refractivity contribution < 1.29 is 9.21 Å². The van der Waals surface area contributed by atoms with E-state index in [-0.39, 0.29) is 11.9 Å². The first-order valence-corrected chi connectivity index (χ1v) is 7.15. The largest absolute Gasteiger partial charge is 0.469 e. The van der Waals surface area contributed by atoms with Crippen LogP contribution in [0.2, 0.25) is 0 Å². The number of halogens is 1. The van der Waals surface area contributed by atoms with Crippen molar-refractivity contribution in [2.75, 3.05) is 11.9 Å². The Morgan fingerprint density at radius 1 is 1.53 bits per heavy atom. The summed E-state index contributed by atoms with van der Waals surface area (Å²) >= 11 is 3.39. The van der Waals surface area contributed by atoms with Crippen LogP contribution in [0.4, 0.5) is 0 Å². The first kappa shape index (κ1) is 14.3. The number of hydrogen-bond acceptors (Lipinski definition) is 2.